The standard InChI is InChI=1S/C22H23B5ClF2N3O4/c23-15-8-20(24,19(37)33(27)17(15)35)32-9-10-7-12(3-6-14(10)16(32)34)22(25,26)31-18(36)21(29,30)11-1-4-13(28)5-2-11/h1-7,15H,8-9,23-27H2,(H,31,36)/t15?,20-/m0/s1. The van der Waals surface area contributed by atoms with Crippen molar-refractivity contribution < 1.29 is 28.0 Å². The molecule has 0 saturated carbocycles. The molecule has 7 nitrogen and oxygen atoms in total. The summed E-state index contributed by atoms with van der Waals surface area (Å²) in [6.45, 7) is 0.115. The monoisotopic (exact) mass is 521 g/mol. The summed E-state index contributed by atoms with van der Waals surface area (Å²) in [5.41, 5.74) is -0.178. The first kappa shape index (κ1) is 27.0. The zero-order valence-corrected chi connectivity index (χ0v) is 22.0. The molecule has 2 heterocycles. The predicted molar refractivity (Wildman–Crippen MR) is 147 cm³/mol. The van der Waals surface area contributed by atoms with E-state index in [1.807, 2.05) is 0 Å². The van der Waals surface area contributed by atoms with Gasteiger partial charge in [0.15, 0.2) is 0 Å². The van der Waals surface area contributed by atoms with Crippen molar-refractivity contribution >= 4 is 74.6 Å². The molecule has 1 unspecified atom stereocenters. The Kier molecular flexibility index (Phi) is 6.63. The van der Waals surface area contributed by atoms with E-state index in [0.717, 1.165) is 16.9 Å². The van der Waals surface area contributed by atoms with E-state index >= 15 is 0 Å². The fourth-order valence-electron chi connectivity index (χ4n) is 5.12. The molecule has 0 aromatic heterocycles. The van der Waals surface area contributed by atoms with Gasteiger partial charge in [-0.15, -0.1) is 0 Å². The zero-order chi connectivity index (χ0) is 27.5. The van der Waals surface area contributed by atoms with Crippen molar-refractivity contribution in [2.75, 3.05) is 0 Å². The van der Waals surface area contributed by atoms with Crippen LogP contribution in [-0.4, -0.2) is 78.1 Å². The molecular weight excluding hydrogens is 498 g/mol. The van der Waals surface area contributed by atoms with Crippen molar-refractivity contribution in [2.45, 2.75) is 35.5 Å². The zero-order valence-electron chi connectivity index (χ0n) is 21.2. The number of fused-ring (bicyclic) bond motifs is 1. The minimum atomic E-state index is -3.79. The van der Waals surface area contributed by atoms with Gasteiger partial charge in [-0.05, 0) is 35.7 Å². The number of imide groups is 1. The lowest BCUT2D eigenvalue weighted by Crippen LogP contribution is -2.65. The number of halogens is 3. The molecule has 186 valence electrons. The lowest BCUT2D eigenvalue weighted by atomic mass is 9.57. The Labute approximate surface area is 222 Å². The third-order valence-electron chi connectivity index (χ3n) is 7.37. The number of hydrogen-bond acceptors (Lipinski definition) is 4. The molecule has 2 aromatic rings. The number of nitrogens with zero attached hydrogens (tertiary/aromatic N) is 2. The van der Waals surface area contributed by atoms with Crippen LogP contribution < -0.4 is 5.32 Å². The number of alkyl halides is 2. The van der Waals surface area contributed by atoms with E-state index in [4.69, 9.17) is 11.6 Å². The molecule has 0 bridgehead atoms. The normalized spacial score (nSPS) is 22.2. The van der Waals surface area contributed by atoms with Gasteiger partial charge in [-0.25, -0.2) is 0 Å². The summed E-state index contributed by atoms with van der Waals surface area (Å²) in [4.78, 5) is 53.7. The first-order chi connectivity index (χ1) is 17.1. The van der Waals surface area contributed by atoms with E-state index in [1.165, 1.54) is 25.0 Å². The van der Waals surface area contributed by atoms with Gasteiger partial charge in [-0.3, -0.25) is 19.2 Å². The Bertz CT molecular complexity index is 1330. The highest BCUT2D eigenvalue weighted by Crippen LogP contribution is 2.38. The van der Waals surface area contributed by atoms with Crippen LogP contribution >= 0.6 is 11.6 Å². The number of amides is 4. The average molecular weight is 521 g/mol. The van der Waals surface area contributed by atoms with Gasteiger partial charge in [0, 0.05) is 33.8 Å². The van der Waals surface area contributed by atoms with E-state index in [-0.39, 0.29) is 29.8 Å². The second kappa shape index (κ2) is 9.08. The molecule has 1 N–H and O–H groups in total. The van der Waals surface area contributed by atoms with E-state index in [0.29, 0.717) is 16.7 Å². The molecule has 15 heteroatoms. The maximum atomic E-state index is 14.9. The Balaban J connectivity index is 1.58. The molecule has 1 saturated heterocycles. The Morgan fingerprint density at radius 1 is 1.08 bits per heavy atom. The van der Waals surface area contributed by atoms with Gasteiger partial charge in [0.05, 0.1) is 5.44 Å². The third kappa shape index (κ3) is 4.49. The fourth-order valence-corrected chi connectivity index (χ4v) is 5.25. The fraction of sp³-hybridized carbons (Fsp3) is 0.273. The average Bonchev–Trinajstić information content (AvgIpc) is 3.18. The summed E-state index contributed by atoms with van der Waals surface area (Å²) >= 11 is 5.77. The van der Waals surface area contributed by atoms with Crippen LogP contribution in [0.2, 0.25) is 10.8 Å². The van der Waals surface area contributed by atoms with Crippen molar-refractivity contribution in [1.29, 1.82) is 0 Å². The summed E-state index contributed by atoms with van der Waals surface area (Å²) < 4.78 is 29.7. The summed E-state index contributed by atoms with van der Waals surface area (Å²) in [6, 6.07) is 9.64. The Hall–Kier alpha value is -3.01. The molecule has 1 fully saturated rings. The maximum Gasteiger partial charge on any atom is 0.349 e. The molecule has 2 aliphatic heterocycles. The van der Waals surface area contributed by atoms with Crippen LogP contribution in [0.5, 0.6) is 0 Å². The summed E-state index contributed by atoms with van der Waals surface area (Å²) in [5, 5.41) is 1.49. The topological polar surface area (TPSA) is 86.8 Å². The van der Waals surface area contributed by atoms with Crippen LogP contribution in [0, 0.1) is 0 Å². The number of rotatable bonds is 5. The van der Waals surface area contributed by atoms with Crippen LogP contribution in [0.1, 0.15) is 33.5 Å². The number of hydrogen-bond donors (Lipinski definition) is 1. The van der Waals surface area contributed by atoms with Gasteiger partial charge in [-0.2, -0.15) is 8.78 Å². The highest BCUT2D eigenvalue weighted by atomic mass is 35.5. The van der Waals surface area contributed by atoms with Crippen LogP contribution in [0.25, 0.3) is 0 Å². The summed E-state index contributed by atoms with van der Waals surface area (Å²) in [6.07, 6.45) is 0.197. The highest BCUT2D eigenvalue weighted by molar-refractivity contribution is 6.43. The van der Waals surface area contributed by atoms with E-state index in [9.17, 15) is 28.0 Å². The second-order valence-corrected chi connectivity index (χ2v) is 10.9. The third-order valence-corrected chi connectivity index (χ3v) is 7.62. The lowest BCUT2D eigenvalue weighted by molar-refractivity contribution is -0.148. The lowest BCUT2D eigenvalue weighted by Gasteiger charge is -2.45. The number of carbonyl (C=O) groups excluding carboxylic acids is 4. The Morgan fingerprint density at radius 2 is 1.68 bits per heavy atom. The first-order valence-corrected chi connectivity index (χ1v) is 12.2. The SMILES string of the molecule is BC1C[C@](B)(N2Cc3cc(C(B)(B)NC(=O)C(F)(F)c4ccc(Cl)cc4)ccc3C2=O)C(=O)N(B)C1=O. The number of piperidine rings is 1. The summed E-state index contributed by atoms with van der Waals surface area (Å²) in [5.74, 6) is -6.78. The van der Waals surface area contributed by atoms with Crippen molar-refractivity contribution in [1.82, 2.24) is 15.0 Å². The Morgan fingerprint density at radius 3 is 2.30 bits per heavy atom. The molecule has 2 aliphatic rings. The van der Waals surface area contributed by atoms with E-state index in [1.54, 1.807) is 49.6 Å². The number of carbonyl (C=O) groups is 4. The molecule has 0 aliphatic carbocycles. The van der Waals surface area contributed by atoms with Gasteiger partial charge < -0.3 is 15.0 Å². The highest BCUT2D eigenvalue weighted by Gasteiger charge is 2.52. The first-order valence-electron chi connectivity index (χ1n) is 11.8. The van der Waals surface area contributed by atoms with Crippen molar-refractivity contribution in [3.05, 3.63) is 69.7 Å². The van der Waals surface area contributed by atoms with Crippen LogP contribution in [0.3, 0.4) is 0 Å². The van der Waals surface area contributed by atoms with Gasteiger partial charge in [0.2, 0.25) is 19.8 Å². The molecular formula is C22H23B5ClF2N3O4. The quantitative estimate of drug-likeness (QED) is 0.353. The van der Waals surface area contributed by atoms with Crippen molar-refractivity contribution in [2.24, 2.45) is 0 Å². The van der Waals surface area contributed by atoms with Crippen LogP contribution in [-0.2, 0) is 32.2 Å². The van der Waals surface area contributed by atoms with Gasteiger partial charge in [0.1, 0.15) is 31.4 Å². The minimum absolute atomic E-state index is 0.115. The van der Waals surface area contributed by atoms with Gasteiger partial charge in [0.25, 0.3) is 11.8 Å². The van der Waals surface area contributed by atoms with E-state index in [2.05, 4.69) is 5.32 Å². The minimum Gasteiger partial charge on any atom is -0.357 e. The van der Waals surface area contributed by atoms with E-state index < -0.39 is 39.9 Å². The van der Waals surface area contributed by atoms with Crippen molar-refractivity contribution in [3.8, 4) is 0 Å². The smallest absolute Gasteiger partial charge is 0.349 e. The molecule has 37 heavy (non-hydrogen) atoms. The molecule has 4 rings (SSSR count). The second-order valence-electron chi connectivity index (χ2n) is 10.5. The molecule has 2 aromatic carbocycles. The van der Waals surface area contributed by atoms with Gasteiger partial charge >= 0.3 is 5.92 Å². The molecule has 4 amide bonds. The summed E-state index contributed by atoms with van der Waals surface area (Å²) in [7, 11) is 7.97. The largest absolute Gasteiger partial charge is 0.357 e. The van der Waals surface area contributed by atoms with Gasteiger partial charge in [-0.1, -0.05) is 35.9 Å². The van der Waals surface area contributed by atoms with Crippen LogP contribution in [0.15, 0.2) is 42.5 Å². The predicted octanol–water partition coefficient (Wildman–Crippen LogP) is -2.36. The number of nitrogens with one attached hydrogen (secondary N) is 1. The van der Waals surface area contributed by atoms with Crippen LogP contribution in [0.4, 0.5) is 8.78 Å². The molecule has 0 radical (unpaired) electrons. The maximum absolute atomic E-state index is 14.9. The molecule has 0 spiro atoms. The molecule has 2 atom stereocenters. The van der Waals surface area contributed by atoms with Crippen molar-refractivity contribution in [3.63, 3.8) is 0 Å². The number of benzene rings is 2.